The summed E-state index contributed by atoms with van der Waals surface area (Å²) >= 11 is 0. The third-order valence-corrected chi connectivity index (χ3v) is 3.92. The van der Waals surface area contributed by atoms with E-state index in [2.05, 4.69) is 76.2 Å². The van der Waals surface area contributed by atoms with E-state index < -0.39 is 0 Å². The Morgan fingerprint density at radius 3 is 2.23 bits per heavy atom. The molecule has 1 nitrogen and oxygen atoms in total. The quantitative estimate of drug-likeness (QED) is 0.601. The molecule has 0 fully saturated rings. The molecule has 0 spiro atoms. The van der Waals surface area contributed by atoms with Gasteiger partial charge >= 0.3 is 0 Å². The van der Waals surface area contributed by atoms with Crippen molar-refractivity contribution in [3.63, 3.8) is 0 Å². The van der Waals surface area contributed by atoms with Gasteiger partial charge in [-0.05, 0) is 56.0 Å². The highest BCUT2D eigenvalue weighted by atomic mass is 14.7. The second-order valence-electron chi connectivity index (χ2n) is 6.70. The van der Waals surface area contributed by atoms with Crippen molar-refractivity contribution in [3.8, 4) is 11.3 Å². The predicted octanol–water partition coefficient (Wildman–Crippen LogP) is 5.72. The van der Waals surface area contributed by atoms with Gasteiger partial charge in [-0.2, -0.15) is 0 Å². The fraction of sp³-hybridized carbons (Fsp3) is 0.286. The summed E-state index contributed by atoms with van der Waals surface area (Å²) in [6.45, 7) is 8.78. The van der Waals surface area contributed by atoms with Crippen molar-refractivity contribution in [2.24, 2.45) is 5.92 Å². The van der Waals surface area contributed by atoms with Crippen molar-refractivity contribution in [2.45, 2.75) is 34.1 Å². The first-order chi connectivity index (χ1) is 10.5. The van der Waals surface area contributed by atoms with E-state index in [9.17, 15) is 0 Å². The minimum atomic E-state index is 0.667. The average molecular weight is 289 g/mol. The molecule has 1 aromatic heterocycles. The summed E-state index contributed by atoms with van der Waals surface area (Å²) in [4.78, 5) is 4.90. The number of nitrogens with zero attached hydrogens (tertiary/aromatic N) is 1. The number of benzene rings is 2. The minimum absolute atomic E-state index is 0.667. The summed E-state index contributed by atoms with van der Waals surface area (Å²) in [5.74, 6) is 0.667. The molecule has 3 rings (SSSR count). The van der Waals surface area contributed by atoms with Crippen LogP contribution in [0.25, 0.3) is 22.2 Å². The van der Waals surface area contributed by atoms with Crippen LogP contribution in [0.4, 0.5) is 0 Å². The maximum absolute atomic E-state index is 4.90. The Balaban J connectivity index is 2.07. The Hall–Kier alpha value is -2.15. The minimum Gasteiger partial charge on any atom is -0.248 e. The van der Waals surface area contributed by atoms with Crippen LogP contribution in [0.3, 0.4) is 0 Å². The van der Waals surface area contributed by atoms with Crippen molar-refractivity contribution < 1.29 is 0 Å². The lowest BCUT2D eigenvalue weighted by atomic mass is 10.0. The zero-order chi connectivity index (χ0) is 15.7. The molecule has 0 amide bonds. The zero-order valence-corrected chi connectivity index (χ0v) is 13.9. The van der Waals surface area contributed by atoms with Crippen LogP contribution in [0, 0.1) is 19.8 Å². The van der Waals surface area contributed by atoms with E-state index in [1.807, 2.05) is 0 Å². The summed E-state index contributed by atoms with van der Waals surface area (Å²) < 4.78 is 0. The maximum Gasteiger partial charge on any atom is 0.0712 e. The second-order valence-corrected chi connectivity index (χ2v) is 6.70. The SMILES string of the molecule is Cc1cc(C)cc(-c2ccc3ccc(CC(C)C)cc3n2)c1. The molecule has 0 aliphatic rings. The third-order valence-electron chi connectivity index (χ3n) is 3.92. The molecule has 0 saturated carbocycles. The molecule has 0 N–H and O–H groups in total. The first-order valence-electron chi connectivity index (χ1n) is 7.99. The van der Waals surface area contributed by atoms with Gasteiger partial charge in [0.2, 0.25) is 0 Å². The monoisotopic (exact) mass is 289 g/mol. The normalized spacial score (nSPS) is 11.3. The summed E-state index contributed by atoms with van der Waals surface area (Å²) in [6, 6.07) is 17.6. The second kappa shape index (κ2) is 5.92. The third kappa shape index (κ3) is 3.19. The molecular formula is C21H23N. The molecule has 0 bridgehead atoms. The van der Waals surface area contributed by atoms with Crippen molar-refractivity contribution in [2.75, 3.05) is 0 Å². The highest BCUT2D eigenvalue weighted by Gasteiger charge is 2.05. The van der Waals surface area contributed by atoms with Crippen LogP contribution in [0.1, 0.15) is 30.5 Å². The van der Waals surface area contributed by atoms with Crippen molar-refractivity contribution in [1.29, 1.82) is 0 Å². The highest BCUT2D eigenvalue weighted by molar-refractivity contribution is 5.82. The first kappa shape index (κ1) is 14.8. The molecule has 0 aliphatic heterocycles. The number of rotatable bonds is 3. The average Bonchev–Trinajstić information content (AvgIpc) is 2.45. The zero-order valence-electron chi connectivity index (χ0n) is 13.9. The fourth-order valence-corrected chi connectivity index (χ4v) is 3.04. The lowest BCUT2D eigenvalue weighted by Crippen LogP contribution is -1.94. The molecule has 112 valence electrons. The van der Waals surface area contributed by atoms with E-state index in [0.717, 1.165) is 17.6 Å². The van der Waals surface area contributed by atoms with Crippen LogP contribution in [-0.2, 0) is 6.42 Å². The molecular weight excluding hydrogens is 266 g/mol. The molecule has 1 heteroatoms. The van der Waals surface area contributed by atoms with Crippen LogP contribution in [-0.4, -0.2) is 4.98 Å². The van der Waals surface area contributed by atoms with Gasteiger partial charge in [-0.25, -0.2) is 4.98 Å². The number of fused-ring (bicyclic) bond motifs is 1. The van der Waals surface area contributed by atoms with Gasteiger partial charge in [0, 0.05) is 10.9 Å². The molecule has 0 aliphatic carbocycles. The summed E-state index contributed by atoms with van der Waals surface area (Å²) in [5.41, 5.74) is 7.29. The van der Waals surface area contributed by atoms with Gasteiger partial charge in [-0.1, -0.05) is 49.2 Å². The van der Waals surface area contributed by atoms with Crippen molar-refractivity contribution >= 4 is 10.9 Å². The van der Waals surface area contributed by atoms with Crippen LogP contribution in [0.2, 0.25) is 0 Å². The van der Waals surface area contributed by atoms with E-state index in [-0.39, 0.29) is 0 Å². The van der Waals surface area contributed by atoms with E-state index in [4.69, 9.17) is 4.98 Å². The predicted molar refractivity (Wildman–Crippen MR) is 95.2 cm³/mol. The number of hydrogen-bond acceptors (Lipinski definition) is 1. The summed E-state index contributed by atoms with van der Waals surface area (Å²) in [7, 11) is 0. The molecule has 0 radical (unpaired) electrons. The lowest BCUT2D eigenvalue weighted by molar-refractivity contribution is 0.648. The van der Waals surface area contributed by atoms with E-state index in [1.54, 1.807) is 0 Å². The van der Waals surface area contributed by atoms with Gasteiger partial charge in [0.1, 0.15) is 0 Å². The Kier molecular flexibility index (Phi) is 3.98. The van der Waals surface area contributed by atoms with Crippen LogP contribution >= 0.6 is 0 Å². The van der Waals surface area contributed by atoms with Gasteiger partial charge in [0.05, 0.1) is 11.2 Å². The summed E-state index contributed by atoms with van der Waals surface area (Å²) in [5, 5.41) is 1.21. The van der Waals surface area contributed by atoms with Crippen molar-refractivity contribution in [1.82, 2.24) is 4.98 Å². The van der Waals surface area contributed by atoms with Gasteiger partial charge in [0.15, 0.2) is 0 Å². The number of pyridine rings is 1. The highest BCUT2D eigenvalue weighted by Crippen LogP contribution is 2.24. The van der Waals surface area contributed by atoms with Gasteiger partial charge in [-0.3, -0.25) is 0 Å². The van der Waals surface area contributed by atoms with E-state index in [0.29, 0.717) is 5.92 Å². The Labute approximate surface area is 133 Å². The summed E-state index contributed by atoms with van der Waals surface area (Å²) in [6.07, 6.45) is 1.10. The Morgan fingerprint density at radius 2 is 1.55 bits per heavy atom. The molecule has 0 unspecified atom stereocenters. The van der Waals surface area contributed by atoms with Gasteiger partial charge < -0.3 is 0 Å². The van der Waals surface area contributed by atoms with Crippen LogP contribution in [0.5, 0.6) is 0 Å². The van der Waals surface area contributed by atoms with Gasteiger partial charge in [0.25, 0.3) is 0 Å². The molecule has 2 aromatic carbocycles. The molecule has 1 heterocycles. The standard InChI is InChI=1S/C21H23N/c1-14(2)9-17-5-6-18-7-8-20(22-21(18)13-17)19-11-15(3)10-16(4)12-19/h5-8,10-14H,9H2,1-4H3. The van der Waals surface area contributed by atoms with E-state index >= 15 is 0 Å². The number of aromatic nitrogens is 1. The Bertz CT molecular complexity index is 795. The lowest BCUT2D eigenvalue weighted by Gasteiger charge is -2.09. The molecule has 22 heavy (non-hydrogen) atoms. The molecule has 0 saturated heterocycles. The van der Waals surface area contributed by atoms with Crippen LogP contribution < -0.4 is 0 Å². The number of aryl methyl sites for hydroxylation is 2. The van der Waals surface area contributed by atoms with Crippen molar-refractivity contribution in [3.05, 3.63) is 65.2 Å². The smallest absolute Gasteiger partial charge is 0.0712 e. The molecule has 3 aromatic rings. The molecule has 0 atom stereocenters. The number of hydrogen-bond donors (Lipinski definition) is 0. The Morgan fingerprint density at radius 1 is 0.864 bits per heavy atom. The van der Waals surface area contributed by atoms with Crippen LogP contribution in [0.15, 0.2) is 48.5 Å². The van der Waals surface area contributed by atoms with Gasteiger partial charge in [-0.15, -0.1) is 0 Å². The topological polar surface area (TPSA) is 12.9 Å². The first-order valence-corrected chi connectivity index (χ1v) is 7.99. The maximum atomic E-state index is 4.90. The fourth-order valence-electron chi connectivity index (χ4n) is 3.04. The van der Waals surface area contributed by atoms with E-state index in [1.165, 1.54) is 27.6 Å². The largest absolute Gasteiger partial charge is 0.248 e.